The van der Waals surface area contributed by atoms with Crippen molar-refractivity contribution < 1.29 is 9.26 Å². The van der Waals surface area contributed by atoms with Crippen LogP contribution in [0.25, 0.3) is 11.4 Å². The van der Waals surface area contributed by atoms with Crippen molar-refractivity contribution in [1.82, 2.24) is 15.1 Å². The van der Waals surface area contributed by atoms with Crippen molar-refractivity contribution in [3.8, 4) is 17.3 Å². The lowest BCUT2D eigenvalue weighted by molar-refractivity contribution is 0.273. The van der Waals surface area contributed by atoms with Gasteiger partial charge in [0.05, 0.1) is 7.11 Å². The van der Waals surface area contributed by atoms with Gasteiger partial charge in [0, 0.05) is 30.3 Å². The number of halogens is 1. The zero-order valence-corrected chi connectivity index (χ0v) is 13.4. The molecular formula is C15H21ClN4O2. The molecule has 2 atom stereocenters. The number of hydrogen-bond donors (Lipinski definition) is 1. The molecular weight excluding hydrogens is 304 g/mol. The van der Waals surface area contributed by atoms with Gasteiger partial charge in [-0.05, 0) is 24.8 Å². The lowest BCUT2D eigenvalue weighted by Crippen LogP contribution is -2.34. The van der Waals surface area contributed by atoms with E-state index in [1.54, 1.807) is 19.4 Å². The van der Waals surface area contributed by atoms with Gasteiger partial charge >= 0.3 is 0 Å². The number of nitrogens with two attached hydrogens (primary N) is 1. The van der Waals surface area contributed by atoms with Crippen LogP contribution >= 0.6 is 12.4 Å². The van der Waals surface area contributed by atoms with Gasteiger partial charge in [-0.15, -0.1) is 12.4 Å². The lowest BCUT2D eigenvalue weighted by atomic mass is 9.83. The van der Waals surface area contributed by atoms with Crippen LogP contribution in [0.4, 0.5) is 0 Å². The Bertz CT molecular complexity index is 587. The molecule has 0 radical (unpaired) electrons. The van der Waals surface area contributed by atoms with Crippen LogP contribution in [-0.2, 0) is 6.42 Å². The highest BCUT2D eigenvalue weighted by molar-refractivity contribution is 5.85. The molecule has 0 aliphatic heterocycles. The van der Waals surface area contributed by atoms with Crippen LogP contribution in [-0.4, -0.2) is 28.3 Å². The highest BCUT2D eigenvalue weighted by Gasteiger charge is 2.24. The molecule has 0 amide bonds. The Kier molecular flexibility index (Phi) is 5.74. The van der Waals surface area contributed by atoms with Crippen molar-refractivity contribution in [3.63, 3.8) is 0 Å². The smallest absolute Gasteiger partial charge is 0.227 e. The van der Waals surface area contributed by atoms with E-state index < -0.39 is 0 Å². The van der Waals surface area contributed by atoms with E-state index >= 15 is 0 Å². The van der Waals surface area contributed by atoms with Crippen molar-refractivity contribution >= 4 is 12.4 Å². The molecule has 2 N–H and O–H groups in total. The van der Waals surface area contributed by atoms with E-state index in [0.29, 0.717) is 23.5 Å². The molecule has 1 saturated carbocycles. The van der Waals surface area contributed by atoms with Gasteiger partial charge in [0.15, 0.2) is 0 Å². The fraction of sp³-hybridized carbons (Fsp3) is 0.533. The number of ether oxygens (including phenoxy) is 1. The third-order valence-corrected chi connectivity index (χ3v) is 4.08. The molecule has 120 valence electrons. The third kappa shape index (κ3) is 3.75. The summed E-state index contributed by atoms with van der Waals surface area (Å²) in [7, 11) is 1.59. The third-order valence-electron chi connectivity index (χ3n) is 4.08. The molecule has 2 unspecified atom stereocenters. The minimum absolute atomic E-state index is 0. The summed E-state index contributed by atoms with van der Waals surface area (Å²) in [6.07, 6.45) is 7.14. The summed E-state index contributed by atoms with van der Waals surface area (Å²) in [4.78, 5) is 8.60. The minimum Gasteiger partial charge on any atom is -0.481 e. The van der Waals surface area contributed by atoms with E-state index in [-0.39, 0.29) is 18.4 Å². The second-order valence-corrected chi connectivity index (χ2v) is 5.51. The monoisotopic (exact) mass is 324 g/mol. The second kappa shape index (κ2) is 7.56. The number of rotatable bonds is 4. The largest absolute Gasteiger partial charge is 0.481 e. The van der Waals surface area contributed by atoms with E-state index in [2.05, 4.69) is 15.1 Å². The molecule has 1 fully saturated rings. The summed E-state index contributed by atoms with van der Waals surface area (Å²) in [5.74, 6) is 2.23. The SMILES string of the molecule is COc1ccc(-c2noc(CC3CCCCC3N)n2)cn1.Cl. The quantitative estimate of drug-likeness (QED) is 0.930. The summed E-state index contributed by atoms with van der Waals surface area (Å²) >= 11 is 0. The zero-order valence-electron chi connectivity index (χ0n) is 12.6. The lowest BCUT2D eigenvalue weighted by Gasteiger charge is -2.27. The predicted octanol–water partition coefficient (Wildman–Crippen LogP) is 2.62. The highest BCUT2D eigenvalue weighted by atomic mass is 35.5. The second-order valence-electron chi connectivity index (χ2n) is 5.51. The summed E-state index contributed by atoms with van der Waals surface area (Å²) in [6, 6.07) is 3.90. The van der Waals surface area contributed by atoms with Crippen LogP contribution < -0.4 is 10.5 Å². The summed E-state index contributed by atoms with van der Waals surface area (Å²) < 4.78 is 10.4. The standard InChI is InChI=1S/C15H20N4O2.ClH/c1-20-13-7-6-11(9-17-13)15-18-14(21-19-15)8-10-4-2-3-5-12(10)16;/h6-7,9-10,12H,2-5,8,16H2,1H3;1H. The topological polar surface area (TPSA) is 87.1 Å². The molecule has 22 heavy (non-hydrogen) atoms. The van der Waals surface area contributed by atoms with Crippen molar-refractivity contribution in [2.24, 2.45) is 11.7 Å². The van der Waals surface area contributed by atoms with Gasteiger partial charge in [0.25, 0.3) is 0 Å². The fourth-order valence-corrected chi connectivity index (χ4v) is 2.80. The van der Waals surface area contributed by atoms with Crippen LogP contribution in [0.2, 0.25) is 0 Å². The Balaban J connectivity index is 0.00000176. The first-order valence-electron chi connectivity index (χ1n) is 7.35. The Labute approximate surface area is 135 Å². The summed E-state index contributed by atoms with van der Waals surface area (Å²) in [6.45, 7) is 0. The minimum atomic E-state index is 0. The van der Waals surface area contributed by atoms with Crippen LogP contribution in [0.1, 0.15) is 31.6 Å². The number of aromatic nitrogens is 3. The number of nitrogens with zero attached hydrogens (tertiary/aromatic N) is 3. The zero-order chi connectivity index (χ0) is 14.7. The van der Waals surface area contributed by atoms with Crippen molar-refractivity contribution in [1.29, 1.82) is 0 Å². The van der Waals surface area contributed by atoms with Gasteiger partial charge in [-0.3, -0.25) is 0 Å². The maximum atomic E-state index is 6.16. The first-order valence-corrected chi connectivity index (χ1v) is 7.35. The van der Waals surface area contributed by atoms with Crippen LogP contribution in [0.5, 0.6) is 5.88 Å². The average Bonchev–Trinajstić information content (AvgIpc) is 2.98. The maximum absolute atomic E-state index is 6.16. The van der Waals surface area contributed by atoms with Gasteiger partial charge in [0.1, 0.15) is 0 Å². The van der Waals surface area contributed by atoms with Gasteiger partial charge in [-0.2, -0.15) is 4.98 Å². The van der Waals surface area contributed by atoms with Crippen molar-refractivity contribution in [2.45, 2.75) is 38.1 Å². The predicted molar refractivity (Wildman–Crippen MR) is 85.0 cm³/mol. The normalized spacial score (nSPS) is 21.2. The highest BCUT2D eigenvalue weighted by Crippen LogP contribution is 2.26. The van der Waals surface area contributed by atoms with Crippen molar-refractivity contribution in [2.75, 3.05) is 7.11 Å². The van der Waals surface area contributed by atoms with Gasteiger partial charge in [-0.1, -0.05) is 18.0 Å². The summed E-state index contributed by atoms with van der Waals surface area (Å²) in [5, 5.41) is 4.02. The number of pyridine rings is 1. The molecule has 0 aromatic carbocycles. The molecule has 0 bridgehead atoms. The molecule has 0 saturated heterocycles. The van der Waals surface area contributed by atoms with Gasteiger partial charge in [-0.25, -0.2) is 4.98 Å². The Morgan fingerprint density at radius 2 is 2.14 bits per heavy atom. The van der Waals surface area contributed by atoms with Crippen LogP contribution in [0, 0.1) is 5.92 Å². The van der Waals surface area contributed by atoms with Crippen LogP contribution in [0.3, 0.4) is 0 Å². The Morgan fingerprint density at radius 1 is 1.32 bits per heavy atom. The molecule has 0 spiro atoms. The van der Waals surface area contributed by atoms with Gasteiger partial charge < -0.3 is 15.0 Å². The average molecular weight is 325 g/mol. The van der Waals surface area contributed by atoms with E-state index in [1.807, 2.05) is 6.07 Å². The molecule has 1 aliphatic rings. The molecule has 6 nitrogen and oxygen atoms in total. The number of hydrogen-bond acceptors (Lipinski definition) is 6. The van der Waals surface area contributed by atoms with E-state index in [9.17, 15) is 0 Å². The molecule has 1 aliphatic carbocycles. The van der Waals surface area contributed by atoms with E-state index in [0.717, 1.165) is 24.8 Å². The molecule has 2 aromatic rings. The van der Waals surface area contributed by atoms with Gasteiger partial charge in [0.2, 0.25) is 17.6 Å². The molecule has 2 heterocycles. The van der Waals surface area contributed by atoms with E-state index in [4.69, 9.17) is 15.0 Å². The molecule has 2 aromatic heterocycles. The summed E-state index contributed by atoms with van der Waals surface area (Å²) in [5.41, 5.74) is 6.98. The molecule has 3 rings (SSSR count). The fourth-order valence-electron chi connectivity index (χ4n) is 2.80. The molecule has 7 heteroatoms. The van der Waals surface area contributed by atoms with E-state index in [1.165, 1.54) is 12.8 Å². The number of methoxy groups -OCH3 is 1. The maximum Gasteiger partial charge on any atom is 0.227 e. The Morgan fingerprint density at radius 3 is 2.82 bits per heavy atom. The van der Waals surface area contributed by atoms with Crippen LogP contribution in [0.15, 0.2) is 22.9 Å². The first kappa shape index (κ1) is 16.7. The Hall–Kier alpha value is -1.66. The van der Waals surface area contributed by atoms with Crippen molar-refractivity contribution in [3.05, 3.63) is 24.2 Å². The first-order chi connectivity index (χ1) is 10.3.